The SMILES string of the molecule is COc1cc2c(cc1OC)N(CC(=O)O)C(=O)CN2. The molecule has 1 aromatic rings. The molecule has 7 nitrogen and oxygen atoms in total. The normalized spacial score (nSPS) is 13.6. The van der Waals surface area contributed by atoms with E-state index in [0.717, 1.165) is 0 Å². The van der Waals surface area contributed by atoms with Gasteiger partial charge in [-0.2, -0.15) is 0 Å². The lowest BCUT2D eigenvalue weighted by Gasteiger charge is -2.29. The van der Waals surface area contributed by atoms with Gasteiger partial charge in [0.25, 0.3) is 0 Å². The average Bonchev–Trinajstić information content (AvgIpc) is 2.40. The van der Waals surface area contributed by atoms with Crippen LogP contribution in [0.1, 0.15) is 0 Å². The Labute approximate surface area is 109 Å². The molecule has 0 radical (unpaired) electrons. The highest BCUT2D eigenvalue weighted by Crippen LogP contribution is 2.39. The third-order valence-electron chi connectivity index (χ3n) is 2.82. The van der Waals surface area contributed by atoms with Gasteiger partial charge in [-0.25, -0.2) is 0 Å². The minimum atomic E-state index is -1.07. The van der Waals surface area contributed by atoms with Gasteiger partial charge in [0.1, 0.15) is 6.54 Å². The number of carbonyl (C=O) groups is 2. The number of aliphatic carboxylic acids is 1. The second-order valence-corrected chi connectivity index (χ2v) is 3.95. The van der Waals surface area contributed by atoms with Gasteiger partial charge in [0.2, 0.25) is 5.91 Å². The van der Waals surface area contributed by atoms with E-state index < -0.39 is 5.97 Å². The lowest BCUT2D eigenvalue weighted by atomic mass is 10.1. The molecule has 102 valence electrons. The van der Waals surface area contributed by atoms with Crippen molar-refractivity contribution in [2.45, 2.75) is 0 Å². The smallest absolute Gasteiger partial charge is 0.323 e. The minimum absolute atomic E-state index is 0.0514. The highest BCUT2D eigenvalue weighted by atomic mass is 16.5. The molecule has 0 aromatic heterocycles. The Bertz CT molecular complexity index is 529. The summed E-state index contributed by atoms with van der Waals surface area (Å²) >= 11 is 0. The van der Waals surface area contributed by atoms with Crippen molar-refractivity contribution in [1.82, 2.24) is 0 Å². The number of nitrogens with one attached hydrogen (secondary N) is 1. The highest BCUT2D eigenvalue weighted by molar-refractivity contribution is 6.05. The van der Waals surface area contributed by atoms with Gasteiger partial charge in [-0.15, -0.1) is 0 Å². The zero-order chi connectivity index (χ0) is 14.0. The predicted molar refractivity (Wildman–Crippen MR) is 68.0 cm³/mol. The Kier molecular flexibility index (Phi) is 3.46. The van der Waals surface area contributed by atoms with Crippen molar-refractivity contribution in [3.8, 4) is 11.5 Å². The summed E-state index contributed by atoms with van der Waals surface area (Å²) in [5, 5.41) is 11.8. The first kappa shape index (κ1) is 13.0. The molecule has 0 atom stereocenters. The molecule has 1 aromatic carbocycles. The minimum Gasteiger partial charge on any atom is -0.493 e. The molecule has 0 unspecified atom stereocenters. The van der Waals surface area contributed by atoms with Crippen LogP contribution in [0.15, 0.2) is 12.1 Å². The van der Waals surface area contributed by atoms with E-state index in [1.165, 1.54) is 19.1 Å². The van der Waals surface area contributed by atoms with Crippen LogP contribution in [0.5, 0.6) is 11.5 Å². The molecule has 2 N–H and O–H groups in total. The average molecular weight is 266 g/mol. The zero-order valence-corrected chi connectivity index (χ0v) is 10.6. The van der Waals surface area contributed by atoms with Crippen molar-refractivity contribution in [1.29, 1.82) is 0 Å². The predicted octanol–water partition coefficient (Wildman–Crippen LogP) is 0.547. The van der Waals surface area contributed by atoms with Crippen LogP contribution in [0.3, 0.4) is 0 Å². The van der Waals surface area contributed by atoms with Crippen molar-refractivity contribution in [3.63, 3.8) is 0 Å². The zero-order valence-electron chi connectivity index (χ0n) is 10.6. The molecule has 1 heterocycles. The van der Waals surface area contributed by atoms with Crippen LogP contribution in [0.4, 0.5) is 11.4 Å². The highest BCUT2D eigenvalue weighted by Gasteiger charge is 2.27. The lowest BCUT2D eigenvalue weighted by molar-refractivity contribution is -0.136. The first-order valence-corrected chi connectivity index (χ1v) is 5.59. The number of hydrogen-bond acceptors (Lipinski definition) is 5. The summed E-state index contributed by atoms with van der Waals surface area (Å²) in [4.78, 5) is 23.8. The van der Waals surface area contributed by atoms with Crippen molar-refractivity contribution >= 4 is 23.3 Å². The van der Waals surface area contributed by atoms with Gasteiger partial charge in [-0.1, -0.05) is 0 Å². The standard InChI is InChI=1S/C12H14N2O5/c1-18-9-3-7-8(4-10(9)19-2)14(6-12(16)17)11(15)5-13-7/h3-4,13H,5-6H2,1-2H3,(H,16,17). The van der Waals surface area contributed by atoms with Gasteiger partial charge >= 0.3 is 5.97 Å². The van der Waals surface area contributed by atoms with Gasteiger partial charge in [0.15, 0.2) is 11.5 Å². The molecule has 19 heavy (non-hydrogen) atoms. The molecule has 1 aliphatic rings. The van der Waals surface area contributed by atoms with Crippen LogP contribution < -0.4 is 19.7 Å². The molecule has 0 aliphatic carbocycles. The molecular formula is C12H14N2O5. The molecule has 0 fully saturated rings. The van der Waals surface area contributed by atoms with E-state index in [2.05, 4.69) is 5.32 Å². The molecule has 2 rings (SSSR count). The van der Waals surface area contributed by atoms with Gasteiger partial charge in [0, 0.05) is 12.1 Å². The first-order valence-electron chi connectivity index (χ1n) is 5.59. The number of ether oxygens (including phenoxy) is 2. The van der Waals surface area contributed by atoms with E-state index in [4.69, 9.17) is 14.6 Å². The number of hydrogen-bond donors (Lipinski definition) is 2. The van der Waals surface area contributed by atoms with E-state index in [1.807, 2.05) is 0 Å². The number of carbonyl (C=O) groups excluding carboxylic acids is 1. The van der Waals surface area contributed by atoms with Gasteiger partial charge < -0.3 is 19.9 Å². The van der Waals surface area contributed by atoms with Crippen LogP contribution >= 0.6 is 0 Å². The fourth-order valence-electron chi connectivity index (χ4n) is 1.94. The van der Waals surface area contributed by atoms with Gasteiger partial charge in [-0.3, -0.25) is 14.5 Å². The number of fused-ring (bicyclic) bond motifs is 1. The van der Waals surface area contributed by atoms with Crippen molar-refractivity contribution in [3.05, 3.63) is 12.1 Å². The maximum Gasteiger partial charge on any atom is 0.323 e. The maximum absolute atomic E-state index is 11.8. The van der Waals surface area contributed by atoms with Crippen LogP contribution in [0.25, 0.3) is 0 Å². The van der Waals surface area contributed by atoms with E-state index in [0.29, 0.717) is 22.9 Å². The summed E-state index contributed by atoms with van der Waals surface area (Å²) in [7, 11) is 2.98. The molecule has 0 spiro atoms. The Hall–Kier alpha value is -2.44. The summed E-state index contributed by atoms with van der Waals surface area (Å²) < 4.78 is 10.3. The maximum atomic E-state index is 11.8. The van der Waals surface area contributed by atoms with E-state index in [-0.39, 0.29) is 19.0 Å². The van der Waals surface area contributed by atoms with E-state index in [1.54, 1.807) is 12.1 Å². The number of carboxylic acids is 1. The summed E-state index contributed by atoms with van der Waals surface area (Å²) in [6.45, 7) is -0.335. The number of rotatable bonds is 4. The molecule has 0 saturated carbocycles. The topological polar surface area (TPSA) is 88.1 Å². The molecule has 1 amide bonds. The quantitative estimate of drug-likeness (QED) is 0.827. The van der Waals surface area contributed by atoms with E-state index in [9.17, 15) is 9.59 Å². The summed E-state index contributed by atoms with van der Waals surface area (Å²) in [5.41, 5.74) is 1.11. The first-order chi connectivity index (χ1) is 9.06. The Morgan fingerprint density at radius 2 is 2.00 bits per heavy atom. The van der Waals surface area contributed by atoms with Crippen LogP contribution in [-0.2, 0) is 9.59 Å². The second-order valence-electron chi connectivity index (χ2n) is 3.95. The molecular weight excluding hydrogens is 252 g/mol. The Balaban J connectivity index is 2.48. The van der Waals surface area contributed by atoms with E-state index >= 15 is 0 Å². The number of anilines is 2. The Morgan fingerprint density at radius 1 is 1.37 bits per heavy atom. The molecule has 0 bridgehead atoms. The second kappa shape index (κ2) is 5.05. The molecule has 0 saturated heterocycles. The van der Waals surface area contributed by atoms with Gasteiger partial charge in [0.05, 0.1) is 32.1 Å². The summed E-state index contributed by atoms with van der Waals surface area (Å²) in [6.07, 6.45) is 0. The fraction of sp³-hybridized carbons (Fsp3) is 0.333. The lowest BCUT2D eigenvalue weighted by Crippen LogP contribution is -2.42. The molecule has 7 heteroatoms. The van der Waals surface area contributed by atoms with Crippen LogP contribution in [0.2, 0.25) is 0 Å². The third-order valence-corrected chi connectivity index (χ3v) is 2.82. The number of methoxy groups -OCH3 is 2. The monoisotopic (exact) mass is 266 g/mol. The largest absolute Gasteiger partial charge is 0.493 e. The number of amides is 1. The van der Waals surface area contributed by atoms with Crippen LogP contribution in [-0.4, -0.2) is 44.3 Å². The van der Waals surface area contributed by atoms with Crippen molar-refractivity contribution in [2.75, 3.05) is 37.5 Å². The van der Waals surface area contributed by atoms with Crippen molar-refractivity contribution < 1.29 is 24.2 Å². The molecule has 1 aliphatic heterocycles. The number of benzene rings is 1. The fourth-order valence-corrected chi connectivity index (χ4v) is 1.94. The summed E-state index contributed by atoms with van der Waals surface area (Å²) in [6, 6.07) is 3.26. The number of carboxylic acid groups (broad SMARTS) is 1. The number of nitrogens with zero attached hydrogens (tertiary/aromatic N) is 1. The Morgan fingerprint density at radius 3 is 2.58 bits per heavy atom. The van der Waals surface area contributed by atoms with Crippen LogP contribution in [0, 0.1) is 0 Å². The van der Waals surface area contributed by atoms with Crippen molar-refractivity contribution in [2.24, 2.45) is 0 Å². The van der Waals surface area contributed by atoms with Gasteiger partial charge in [-0.05, 0) is 0 Å². The summed E-state index contributed by atoms with van der Waals surface area (Å²) in [5.74, 6) is -0.426. The third kappa shape index (κ3) is 2.40.